The molecular weight excluding hydrogens is 309 g/mol. The summed E-state index contributed by atoms with van der Waals surface area (Å²) in [4.78, 5) is 2.20. The summed E-state index contributed by atoms with van der Waals surface area (Å²) in [6.07, 6.45) is 5.49. The molecule has 3 aliphatic rings. The first-order chi connectivity index (χ1) is 10.1. The predicted molar refractivity (Wildman–Crippen MR) is 85.9 cm³/mol. The first kappa shape index (κ1) is 23.4. The van der Waals surface area contributed by atoms with Crippen LogP contribution in [0.15, 0.2) is 0 Å². The van der Waals surface area contributed by atoms with Gasteiger partial charge in [0, 0.05) is 6.04 Å². The number of piperidine rings is 1. The molecule has 3 heterocycles. The van der Waals surface area contributed by atoms with Crippen molar-refractivity contribution >= 4 is 0 Å². The van der Waals surface area contributed by atoms with Gasteiger partial charge in [-0.15, -0.1) is 0 Å². The molecule has 4 unspecified atom stereocenters. The van der Waals surface area contributed by atoms with Crippen molar-refractivity contribution in [3.05, 3.63) is 6.42 Å². The number of nitrogens with one attached hydrogen (secondary N) is 1. The quantitative estimate of drug-likeness (QED) is 0.517. The number of rotatable bonds is 0. The first-order valence-electron chi connectivity index (χ1n) is 8.63. The summed E-state index contributed by atoms with van der Waals surface area (Å²) in [5.41, 5.74) is 0. The van der Waals surface area contributed by atoms with Gasteiger partial charge in [0.15, 0.2) is 0 Å². The molecule has 0 aromatic rings. The third-order valence-corrected chi connectivity index (χ3v) is 4.89. The Kier molecular flexibility index (Phi) is 13.6. The maximum atomic E-state index is 13.0. The van der Waals surface area contributed by atoms with Crippen LogP contribution in [0.1, 0.15) is 52.9 Å². The molecule has 2 nitrogen and oxygen atoms in total. The van der Waals surface area contributed by atoms with E-state index in [9.17, 15) is 8.78 Å². The van der Waals surface area contributed by atoms with Gasteiger partial charge in [-0.1, -0.05) is 20.8 Å². The molecule has 1 N–H and O–H groups in total. The summed E-state index contributed by atoms with van der Waals surface area (Å²) in [5, 5.41) is 3.17. The zero-order chi connectivity index (χ0) is 15.8. The second-order valence-corrected chi connectivity index (χ2v) is 6.20. The molecule has 0 amide bonds. The summed E-state index contributed by atoms with van der Waals surface area (Å²) in [5.74, 6) is 0.264. The van der Waals surface area contributed by atoms with Gasteiger partial charge in [0.2, 0.25) is 0 Å². The molecule has 0 saturated carbocycles. The number of alkyl halides is 2. The van der Waals surface area contributed by atoms with Crippen molar-refractivity contribution in [2.75, 3.05) is 20.1 Å². The van der Waals surface area contributed by atoms with Crippen molar-refractivity contribution in [2.45, 2.75) is 77.3 Å². The van der Waals surface area contributed by atoms with Gasteiger partial charge in [-0.25, -0.2) is 4.39 Å². The van der Waals surface area contributed by atoms with Crippen LogP contribution in [0.3, 0.4) is 0 Å². The van der Waals surface area contributed by atoms with E-state index in [0.29, 0.717) is 12.5 Å². The normalized spacial score (nSPS) is 37.6. The molecule has 3 saturated heterocycles. The van der Waals surface area contributed by atoms with Crippen LogP contribution in [0.2, 0.25) is 0 Å². The van der Waals surface area contributed by atoms with Crippen LogP contribution in [0.25, 0.3) is 0 Å². The minimum atomic E-state index is -0.663. The van der Waals surface area contributed by atoms with Crippen molar-refractivity contribution in [1.82, 2.24) is 10.2 Å². The molecule has 3 aliphatic heterocycles. The van der Waals surface area contributed by atoms with Crippen LogP contribution in [-0.4, -0.2) is 49.5 Å². The molecule has 0 aromatic carbocycles. The Balaban J connectivity index is 0.000000348. The van der Waals surface area contributed by atoms with Crippen molar-refractivity contribution < 1.29 is 60.2 Å². The Morgan fingerprint density at radius 2 is 1.68 bits per heavy atom. The van der Waals surface area contributed by atoms with E-state index in [1.54, 1.807) is 0 Å². The van der Waals surface area contributed by atoms with Gasteiger partial charge in [-0.2, -0.15) is 6.42 Å². The van der Waals surface area contributed by atoms with E-state index in [1.807, 2.05) is 34.2 Å². The van der Waals surface area contributed by atoms with Gasteiger partial charge < -0.3 is 10.2 Å². The van der Waals surface area contributed by atoms with Gasteiger partial charge in [0.1, 0.15) is 6.17 Å². The second-order valence-electron chi connectivity index (χ2n) is 6.20. The molecule has 0 spiro atoms. The molecule has 3 fully saturated rings. The summed E-state index contributed by atoms with van der Waals surface area (Å²) in [6, 6.07) is 0.857. The van der Waals surface area contributed by atoms with E-state index in [0.717, 1.165) is 32.4 Å². The number of hydrogen-bond acceptors (Lipinski definition) is 2. The molecular formula is C17H33F2KN2. The first-order valence-corrected chi connectivity index (χ1v) is 8.63. The average molecular weight is 343 g/mol. The van der Waals surface area contributed by atoms with Gasteiger partial charge in [-0.05, 0) is 64.0 Å². The molecule has 126 valence electrons. The Bertz CT molecular complexity index is 271. The molecule has 0 aromatic heterocycles. The van der Waals surface area contributed by atoms with E-state index in [2.05, 4.69) is 10.2 Å². The van der Waals surface area contributed by atoms with Crippen LogP contribution in [-0.2, 0) is 0 Å². The Hall–Kier alpha value is 1.42. The zero-order valence-electron chi connectivity index (χ0n) is 15.1. The smallest absolute Gasteiger partial charge is 0.317 e. The fourth-order valence-electron chi connectivity index (χ4n) is 3.31. The number of halogens is 2. The minimum absolute atomic E-state index is 0. The van der Waals surface area contributed by atoms with E-state index in [-0.39, 0.29) is 63.3 Å². The standard InChI is InChI=1S/C8H13FN.C7H14FN.C2H6.K/c1-10-6-2-4-7(9)8(10)5-3-6;1-6-2-4-9-5-3-7(6)8;1-2;/h4,6-8H,2-3,5H2,1H3;6-7,9H,2-5H2,1H3;1-2H3;/q-1;;;+1/t6?,7-,8?;;;/m1.../s1. The van der Waals surface area contributed by atoms with Gasteiger partial charge in [0.05, 0.1) is 0 Å². The fraction of sp³-hybridized carbons (Fsp3) is 0.941. The SMILES string of the molecule is CC.CC1CCNCCC1F.CN1C2C[CH-][C@@H](F)C1CC2.[K+]. The van der Waals surface area contributed by atoms with E-state index >= 15 is 0 Å². The maximum absolute atomic E-state index is 13.0. The van der Waals surface area contributed by atoms with Gasteiger partial charge in [-0.3, -0.25) is 10.8 Å². The molecule has 22 heavy (non-hydrogen) atoms. The van der Waals surface area contributed by atoms with E-state index in [4.69, 9.17) is 0 Å². The summed E-state index contributed by atoms with van der Waals surface area (Å²) in [6.45, 7) is 7.82. The Labute approximate surface area is 178 Å². The van der Waals surface area contributed by atoms with E-state index < -0.39 is 12.3 Å². The molecule has 5 heteroatoms. The molecule has 0 aliphatic carbocycles. The van der Waals surface area contributed by atoms with E-state index in [1.165, 1.54) is 6.42 Å². The number of hydrogen-bond donors (Lipinski definition) is 1. The number of fused-ring (bicyclic) bond motifs is 2. The van der Waals surface area contributed by atoms with Crippen LogP contribution < -0.4 is 56.7 Å². The largest absolute Gasteiger partial charge is 1.00 e. The third kappa shape index (κ3) is 7.12. The third-order valence-electron chi connectivity index (χ3n) is 4.89. The van der Waals surface area contributed by atoms with Crippen molar-refractivity contribution in [1.29, 1.82) is 0 Å². The predicted octanol–water partition coefficient (Wildman–Crippen LogP) is 0.769. The molecule has 3 rings (SSSR count). The topological polar surface area (TPSA) is 15.3 Å². The summed E-state index contributed by atoms with van der Waals surface area (Å²) >= 11 is 0. The van der Waals surface area contributed by atoms with Crippen LogP contribution in [0.4, 0.5) is 8.78 Å². The molecule has 0 radical (unpaired) electrons. The van der Waals surface area contributed by atoms with Gasteiger partial charge >= 0.3 is 51.4 Å². The second kappa shape index (κ2) is 12.7. The summed E-state index contributed by atoms with van der Waals surface area (Å²) < 4.78 is 25.8. The summed E-state index contributed by atoms with van der Waals surface area (Å²) in [7, 11) is 2.04. The average Bonchev–Trinajstić information content (AvgIpc) is 2.64. The Morgan fingerprint density at radius 3 is 2.32 bits per heavy atom. The van der Waals surface area contributed by atoms with Gasteiger partial charge in [0.25, 0.3) is 0 Å². The monoisotopic (exact) mass is 342 g/mol. The zero-order valence-corrected chi connectivity index (χ0v) is 18.2. The number of nitrogens with zero attached hydrogens (tertiary/aromatic N) is 1. The van der Waals surface area contributed by atoms with Crippen molar-refractivity contribution in [2.24, 2.45) is 5.92 Å². The molecule has 5 atom stereocenters. The van der Waals surface area contributed by atoms with Crippen LogP contribution in [0, 0.1) is 12.3 Å². The van der Waals surface area contributed by atoms with Crippen molar-refractivity contribution in [3.8, 4) is 0 Å². The van der Waals surface area contributed by atoms with Crippen LogP contribution in [0.5, 0.6) is 0 Å². The fourth-order valence-corrected chi connectivity index (χ4v) is 3.31. The maximum Gasteiger partial charge on any atom is 1.00 e. The minimum Gasteiger partial charge on any atom is -0.317 e. The Morgan fingerprint density at radius 1 is 1.05 bits per heavy atom. The molecule has 2 bridgehead atoms. The van der Waals surface area contributed by atoms with Crippen molar-refractivity contribution in [3.63, 3.8) is 0 Å². The van der Waals surface area contributed by atoms with Crippen LogP contribution >= 0.6 is 0 Å².